The van der Waals surface area contributed by atoms with Gasteiger partial charge in [-0.25, -0.2) is 9.97 Å². The molecule has 0 saturated carbocycles. The zero-order chi connectivity index (χ0) is 22.0. The first kappa shape index (κ1) is 20.8. The molecule has 10 heteroatoms. The normalized spacial score (nSPS) is 13.6. The second-order valence-corrected chi connectivity index (χ2v) is 7.55. The largest absolute Gasteiger partial charge is 0.347 e. The highest BCUT2D eigenvalue weighted by atomic mass is 35.5. The van der Waals surface area contributed by atoms with Gasteiger partial charge in [-0.2, -0.15) is 5.10 Å². The molecular weight excluding hydrogens is 418 g/mol. The molecule has 0 atom stereocenters. The highest BCUT2D eigenvalue weighted by Crippen LogP contribution is 2.18. The molecule has 3 heterocycles. The summed E-state index contributed by atoms with van der Waals surface area (Å²) in [4.78, 5) is 34.5. The molecule has 2 aromatic heterocycles. The third-order valence-electron chi connectivity index (χ3n) is 5.05. The van der Waals surface area contributed by atoms with E-state index in [0.717, 1.165) is 11.3 Å². The number of nitrogens with one attached hydrogen (secondary N) is 1. The Labute approximate surface area is 184 Å². The number of imidazole rings is 1. The minimum absolute atomic E-state index is 0.0234. The molecule has 160 valence electrons. The number of carbonyl (C=O) groups is 2. The average molecular weight is 440 g/mol. The molecular formula is C21H22ClN7O2. The van der Waals surface area contributed by atoms with Gasteiger partial charge in [-0.1, -0.05) is 30.7 Å². The molecule has 0 radical (unpaired) electrons. The second kappa shape index (κ2) is 8.73. The summed E-state index contributed by atoms with van der Waals surface area (Å²) in [6.45, 7) is 5.04. The molecule has 4 rings (SSSR count). The van der Waals surface area contributed by atoms with E-state index in [9.17, 15) is 9.59 Å². The van der Waals surface area contributed by atoms with Gasteiger partial charge in [0.1, 0.15) is 12.0 Å². The van der Waals surface area contributed by atoms with Crippen molar-refractivity contribution in [2.24, 2.45) is 5.10 Å². The van der Waals surface area contributed by atoms with Crippen molar-refractivity contribution in [3.8, 4) is 0 Å². The number of anilines is 1. The predicted octanol–water partition coefficient (Wildman–Crippen LogP) is 2.49. The van der Waals surface area contributed by atoms with Crippen LogP contribution in [0.25, 0.3) is 5.78 Å². The Morgan fingerprint density at radius 3 is 2.61 bits per heavy atom. The molecule has 0 spiro atoms. The van der Waals surface area contributed by atoms with Gasteiger partial charge < -0.3 is 5.32 Å². The average Bonchev–Trinajstić information content (AvgIpc) is 3.15. The van der Waals surface area contributed by atoms with E-state index in [2.05, 4.69) is 20.4 Å². The number of carbonyl (C=O) groups excluding carboxylic acids is 2. The van der Waals surface area contributed by atoms with Gasteiger partial charge in [-0.3, -0.25) is 23.9 Å². The lowest BCUT2D eigenvalue weighted by molar-refractivity contribution is -0.124. The van der Waals surface area contributed by atoms with Gasteiger partial charge in [0.2, 0.25) is 11.7 Å². The highest BCUT2D eigenvalue weighted by molar-refractivity contribution is 6.30. The summed E-state index contributed by atoms with van der Waals surface area (Å²) in [5.41, 5.74) is 2.99. The van der Waals surface area contributed by atoms with E-state index >= 15 is 0 Å². The lowest BCUT2D eigenvalue weighted by Gasteiger charge is -2.28. The van der Waals surface area contributed by atoms with Crippen LogP contribution in [0.5, 0.6) is 0 Å². The lowest BCUT2D eigenvalue weighted by Crippen LogP contribution is -2.40. The third-order valence-corrected chi connectivity index (χ3v) is 5.24. The first-order valence-electron chi connectivity index (χ1n) is 9.94. The zero-order valence-corrected chi connectivity index (χ0v) is 18.0. The minimum Gasteiger partial charge on any atom is -0.347 e. The van der Waals surface area contributed by atoms with E-state index < -0.39 is 0 Å². The first-order valence-corrected chi connectivity index (χ1v) is 10.3. The van der Waals surface area contributed by atoms with Crippen LogP contribution in [-0.2, 0) is 17.8 Å². The predicted molar refractivity (Wildman–Crippen MR) is 118 cm³/mol. The Bertz CT molecular complexity index is 1160. The van der Waals surface area contributed by atoms with Gasteiger partial charge >= 0.3 is 0 Å². The van der Waals surface area contributed by atoms with E-state index in [1.54, 1.807) is 21.8 Å². The SMILES string of the molecule is CCc1nc2ncc(Cl)cn2c1C(=O)NCc1ccc(N2CCN(C(C)=O)C=N2)cc1. The smallest absolute Gasteiger partial charge is 0.270 e. The summed E-state index contributed by atoms with van der Waals surface area (Å²) in [7, 11) is 0. The van der Waals surface area contributed by atoms with Crippen molar-refractivity contribution in [2.75, 3.05) is 18.1 Å². The summed E-state index contributed by atoms with van der Waals surface area (Å²) >= 11 is 6.05. The number of halogens is 1. The van der Waals surface area contributed by atoms with E-state index in [-0.39, 0.29) is 11.8 Å². The van der Waals surface area contributed by atoms with Crippen LogP contribution in [0.2, 0.25) is 5.02 Å². The number of hydrogen-bond acceptors (Lipinski definition) is 6. The Kier molecular flexibility index (Phi) is 5.85. The molecule has 3 aromatic rings. The summed E-state index contributed by atoms with van der Waals surface area (Å²) in [5.74, 6) is 0.188. The number of rotatable bonds is 5. The van der Waals surface area contributed by atoms with Crippen molar-refractivity contribution in [3.05, 3.63) is 58.6 Å². The Morgan fingerprint density at radius 2 is 1.97 bits per heavy atom. The monoisotopic (exact) mass is 439 g/mol. The number of aromatic nitrogens is 3. The number of aryl methyl sites for hydroxylation is 1. The Balaban J connectivity index is 1.44. The third kappa shape index (κ3) is 4.36. The quantitative estimate of drug-likeness (QED) is 0.659. The van der Waals surface area contributed by atoms with Gasteiger partial charge in [0.05, 0.1) is 29.1 Å². The molecule has 1 N–H and O–H groups in total. The fraction of sp³-hybridized carbons (Fsp3) is 0.286. The standard InChI is InChI=1S/C21H22ClN7O2/c1-3-18-19(28-12-16(22)11-24-21(28)26-18)20(31)23-10-15-4-6-17(7-5-15)29-9-8-27(13-25-29)14(2)30/h4-7,11-13H,3,8-10H2,1-2H3,(H,23,31). The number of hydrazone groups is 1. The molecule has 0 bridgehead atoms. The lowest BCUT2D eigenvalue weighted by atomic mass is 10.2. The van der Waals surface area contributed by atoms with Gasteiger partial charge in [0.15, 0.2) is 0 Å². The summed E-state index contributed by atoms with van der Waals surface area (Å²) in [6.07, 6.45) is 5.31. The van der Waals surface area contributed by atoms with Crippen molar-refractivity contribution in [2.45, 2.75) is 26.8 Å². The molecule has 31 heavy (non-hydrogen) atoms. The molecule has 9 nitrogen and oxygen atoms in total. The van der Waals surface area contributed by atoms with E-state index in [1.165, 1.54) is 13.1 Å². The summed E-state index contributed by atoms with van der Waals surface area (Å²) in [6, 6.07) is 7.77. The Hall–Kier alpha value is -3.46. The molecule has 0 unspecified atom stereocenters. The Morgan fingerprint density at radius 1 is 1.19 bits per heavy atom. The molecule has 0 fully saturated rings. The van der Waals surface area contributed by atoms with Crippen LogP contribution in [-0.4, -0.2) is 50.5 Å². The maximum absolute atomic E-state index is 12.9. The number of fused-ring (bicyclic) bond motifs is 1. The van der Waals surface area contributed by atoms with Gasteiger partial charge in [-0.15, -0.1) is 0 Å². The van der Waals surface area contributed by atoms with Crippen LogP contribution in [0.15, 0.2) is 41.8 Å². The first-order chi connectivity index (χ1) is 15.0. The van der Waals surface area contributed by atoms with Crippen LogP contribution in [0.3, 0.4) is 0 Å². The van der Waals surface area contributed by atoms with Crippen LogP contribution >= 0.6 is 11.6 Å². The van der Waals surface area contributed by atoms with E-state index in [1.807, 2.05) is 36.2 Å². The van der Waals surface area contributed by atoms with Crippen molar-refractivity contribution in [3.63, 3.8) is 0 Å². The van der Waals surface area contributed by atoms with Crippen LogP contribution in [0.1, 0.15) is 35.6 Å². The number of benzene rings is 1. The summed E-state index contributed by atoms with van der Waals surface area (Å²) in [5, 5.41) is 9.53. The number of amides is 2. The fourth-order valence-corrected chi connectivity index (χ4v) is 3.52. The second-order valence-electron chi connectivity index (χ2n) is 7.12. The minimum atomic E-state index is -0.234. The van der Waals surface area contributed by atoms with Gasteiger partial charge in [0, 0.05) is 26.2 Å². The fourth-order valence-electron chi connectivity index (χ4n) is 3.37. The maximum atomic E-state index is 12.9. The van der Waals surface area contributed by atoms with Crippen molar-refractivity contribution in [1.29, 1.82) is 0 Å². The van der Waals surface area contributed by atoms with Crippen molar-refractivity contribution < 1.29 is 9.59 Å². The van der Waals surface area contributed by atoms with Crippen molar-refractivity contribution >= 4 is 41.2 Å². The topological polar surface area (TPSA) is 95.2 Å². The number of nitrogens with zero attached hydrogens (tertiary/aromatic N) is 6. The molecule has 1 aromatic carbocycles. The van der Waals surface area contributed by atoms with Crippen LogP contribution < -0.4 is 10.3 Å². The maximum Gasteiger partial charge on any atom is 0.270 e. The molecule has 1 aliphatic heterocycles. The highest BCUT2D eigenvalue weighted by Gasteiger charge is 2.19. The number of hydrogen-bond donors (Lipinski definition) is 1. The van der Waals surface area contributed by atoms with E-state index in [0.29, 0.717) is 48.2 Å². The van der Waals surface area contributed by atoms with Crippen LogP contribution in [0.4, 0.5) is 5.69 Å². The molecule has 1 aliphatic rings. The van der Waals surface area contributed by atoms with E-state index in [4.69, 9.17) is 11.6 Å². The summed E-state index contributed by atoms with van der Waals surface area (Å²) < 4.78 is 1.62. The van der Waals surface area contributed by atoms with Crippen molar-refractivity contribution in [1.82, 2.24) is 24.6 Å². The molecule has 0 aliphatic carbocycles. The van der Waals surface area contributed by atoms with Gasteiger partial charge in [0.25, 0.3) is 5.91 Å². The molecule has 0 saturated heterocycles. The van der Waals surface area contributed by atoms with Crippen LogP contribution in [0, 0.1) is 0 Å². The van der Waals surface area contributed by atoms with Gasteiger partial charge in [-0.05, 0) is 24.1 Å². The zero-order valence-electron chi connectivity index (χ0n) is 17.2. The molecule has 2 amide bonds.